The van der Waals surface area contributed by atoms with Crippen molar-refractivity contribution >= 4 is 40.6 Å². The molecule has 14 heteroatoms. The number of hydrogen-bond donors (Lipinski definition) is 2. The van der Waals surface area contributed by atoms with Crippen molar-refractivity contribution in [1.29, 1.82) is 0 Å². The van der Waals surface area contributed by atoms with Crippen LogP contribution in [-0.4, -0.2) is 121 Å². The van der Waals surface area contributed by atoms with E-state index in [9.17, 15) is 24.0 Å². The number of hydrogen-bond acceptors (Lipinski definition) is 9. The molecule has 1 saturated carbocycles. The van der Waals surface area contributed by atoms with Crippen LogP contribution in [0.25, 0.3) is 10.9 Å². The first-order valence-electron chi connectivity index (χ1n) is 15.9. The Kier molecular flexibility index (Phi) is 10.9. The van der Waals surface area contributed by atoms with Crippen LogP contribution < -0.4 is 15.4 Å². The van der Waals surface area contributed by atoms with Gasteiger partial charge in [-0.15, -0.1) is 0 Å². The summed E-state index contributed by atoms with van der Waals surface area (Å²) >= 11 is 0. The molecule has 3 heterocycles. The molecule has 2 aliphatic heterocycles. The van der Waals surface area contributed by atoms with Crippen molar-refractivity contribution in [2.75, 3.05) is 59.3 Å². The number of ether oxygens (including phenoxy) is 3. The largest absolute Gasteiger partial charge is 0.483 e. The zero-order valence-corrected chi connectivity index (χ0v) is 26.4. The van der Waals surface area contributed by atoms with Crippen LogP contribution in [0.4, 0.5) is 4.79 Å². The number of aryl methyl sites for hydroxylation is 1. The number of carbonyl (C=O) groups is 5. The van der Waals surface area contributed by atoms with Gasteiger partial charge in [0.15, 0.2) is 6.61 Å². The highest BCUT2D eigenvalue weighted by Crippen LogP contribution is 2.27. The Labute approximate surface area is 267 Å². The van der Waals surface area contributed by atoms with E-state index < -0.39 is 17.9 Å². The Morgan fingerprint density at radius 2 is 1.78 bits per heavy atom. The number of rotatable bonds is 11. The van der Waals surface area contributed by atoms with Gasteiger partial charge in [-0.05, 0) is 50.3 Å². The molecule has 3 fully saturated rings. The zero-order chi connectivity index (χ0) is 32.6. The van der Waals surface area contributed by atoms with Gasteiger partial charge in [0.05, 0.1) is 25.3 Å². The third-order valence-corrected chi connectivity index (χ3v) is 8.48. The third kappa shape index (κ3) is 8.03. The van der Waals surface area contributed by atoms with Gasteiger partial charge in [-0.25, -0.2) is 9.78 Å². The van der Waals surface area contributed by atoms with Crippen molar-refractivity contribution in [3.63, 3.8) is 0 Å². The standard InChI is InChI=1S/C32H42N6O8/c1-3-4-14-45-32(43)37-12-10-36(11-13-37)28(39)17-33-30(41)25-16-27(23-9-8-21(2)15-24(23)35-25)46-19-29(40)38-20-44-18-26(38)31(42)34-22-6-5-7-22/h8-9,15-16,22,26H,3-7,10-14,17-20H2,1-2H3,(H,33,41)(H,34,42). The average molecular weight is 639 g/mol. The SMILES string of the molecule is CCCCOC(=O)N1CCN(C(=O)CNC(=O)c2cc(OCC(=O)N3COCC3C(=O)NC3CCC3)c3ccc(C)cc3n2)CC1. The molecule has 46 heavy (non-hydrogen) atoms. The minimum absolute atomic E-state index is 0.0129. The molecule has 3 aliphatic rings. The second kappa shape index (κ2) is 15.2. The number of amides is 5. The molecule has 1 atom stereocenters. The Hall–Kier alpha value is -4.46. The maximum absolute atomic E-state index is 13.2. The molecule has 1 aliphatic carbocycles. The van der Waals surface area contributed by atoms with E-state index in [1.165, 1.54) is 11.0 Å². The molecular weight excluding hydrogens is 596 g/mol. The van der Waals surface area contributed by atoms with Crippen molar-refractivity contribution in [1.82, 2.24) is 30.3 Å². The molecule has 0 spiro atoms. The fraction of sp³-hybridized carbons (Fsp3) is 0.562. The molecule has 5 rings (SSSR count). The van der Waals surface area contributed by atoms with Gasteiger partial charge < -0.3 is 39.5 Å². The quantitative estimate of drug-likeness (QED) is 0.349. The van der Waals surface area contributed by atoms with Gasteiger partial charge in [-0.2, -0.15) is 0 Å². The van der Waals surface area contributed by atoms with Crippen molar-refractivity contribution < 1.29 is 38.2 Å². The van der Waals surface area contributed by atoms with E-state index in [1.807, 2.05) is 19.9 Å². The summed E-state index contributed by atoms with van der Waals surface area (Å²) in [5.74, 6) is -1.25. The van der Waals surface area contributed by atoms with Crippen LogP contribution in [-0.2, 0) is 23.9 Å². The van der Waals surface area contributed by atoms with E-state index >= 15 is 0 Å². The molecular formula is C32H42N6O8. The predicted octanol–water partition coefficient (Wildman–Crippen LogP) is 1.59. The number of nitrogens with one attached hydrogen (secondary N) is 2. The highest BCUT2D eigenvalue weighted by Gasteiger charge is 2.36. The van der Waals surface area contributed by atoms with Gasteiger partial charge in [0, 0.05) is 43.7 Å². The normalized spacial score (nSPS) is 18.2. The zero-order valence-electron chi connectivity index (χ0n) is 26.4. The van der Waals surface area contributed by atoms with Gasteiger partial charge in [0.1, 0.15) is 24.2 Å². The second-order valence-corrected chi connectivity index (χ2v) is 11.8. The molecule has 1 aromatic carbocycles. The molecule has 14 nitrogen and oxygen atoms in total. The average Bonchev–Trinajstić information content (AvgIpc) is 3.54. The van der Waals surface area contributed by atoms with Crippen LogP contribution in [0.1, 0.15) is 55.1 Å². The van der Waals surface area contributed by atoms with Crippen LogP contribution in [0.3, 0.4) is 0 Å². The predicted molar refractivity (Wildman–Crippen MR) is 166 cm³/mol. The maximum Gasteiger partial charge on any atom is 0.409 e. The fourth-order valence-electron chi connectivity index (χ4n) is 5.41. The number of pyridine rings is 1. The second-order valence-electron chi connectivity index (χ2n) is 11.8. The number of unbranched alkanes of at least 4 members (excludes halogenated alkanes) is 1. The number of nitrogens with zero attached hydrogens (tertiary/aromatic N) is 4. The first-order valence-corrected chi connectivity index (χ1v) is 15.9. The summed E-state index contributed by atoms with van der Waals surface area (Å²) in [6.45, 7) is 5.14. The number of piperazine rings is 1. The topological polar surface area (TPSA) is 160 Å². The minimum atomic E-state index is -0.727. The third-order valence-electron chi connectivity index (χ3n) is 8.48. The fourth-order valence-corrected chi connectivity index (χ4v) is 5.41. The van der Waals surface area contributed by atoms with Crippen LogP contribution in [0, 0.1) is 6.92 Å². The summed E-state index contributed by atoms with van der Waals surface area (Å²) in [5, 5.41) is 6.21. The first kappa shape index (κ1) is 32.9. The summed E-state index contributed by atoms with van der Waals surface area (Å²) in [7, 11) is 0. The monoisotopic (exact) mass is 638 g/mol. The van der Waals surface area contributed by atoms with Crippen molar-refractivity contribution in [3.05, 3.63) is 35.5 Å². The number of fused-ring (bicyclic) bond motifs is 1. The van der Waals surface area contributed by atoms with E-state index in [4.69, 9.17) is 14.2 Å². The van der Waals surface area contributed by atoms with Gasteiger partial charge in [0.25, 0.3) is 11.8 Å². The van der Waals surface area contributed by atoms with Crippen LogP contribution >= 0.6 is 0 Å². The summed E-state index contributed by atoms with van der Waals surface area (Å²) in [4.78, 5) is 73.1. The first-order chi connectivity index (χ1) is 22.2. The van der Waals surface area contributed by atoms with E-state index in [1.54, 1.807) is 21.9 Å². The Balaban J connectivity index is 1.18. The van der Waals surface area contributed by atoms with Gasteiger partial charge >= 0.3 is 6.09 Å². The maximum atomic E-state index is 13.2. The summed E-state index contributed by atoms with van der Waals surface area (Å²) in [6, 6.07) is 6.33. The van der Waals surface area contributed by atoms with Gasteiger partial charge in [-0.1, -0.05) is 19.4 Å². The highest BCUT2D eigenvalue weighted by molar-refractivity contribution is 5.99. The lowest BCUT2D eigenvalue weighted by molar-refractivity contribution is -0.140. The lowest BCUT2D eigenvalue weighted by Crippen LogP contribution is -2.52. The Bertz CT molecular complexity index is 1460. The van der Waals surface area contributed by atoms with E-state index in [2.05, 4.69) is 15.6 Å². The van der Waals surface area contributed by atoms with Crippen molar-refractivity contribution in [2.24, 2.45) is 0 Å². The van der Waals surface area contributed by atoms with E-state index in [0.29, 0.717) is 43.7 Å². The molecule has 2 N–H and O–H groups in total. The minimum Gasteiger partial charge on any atom is -0.483 e. The molecule has 0 radical (unpaired) electrons. The smallest absolute Gasteiger partial charge is 0.409 e. The summed E-state index contributed by atoms with van der Waals surface area (Å²) in [5.41, 5.74) is 1.43. The van der Waals surface area contributed by atoms with Crippen LogP contribution in [0.5, 0.6) is 5.75 Å². The van der Waals surface area contributed by atoms with Crippen molar-refractivity contribution in [3.8, 4) is 5.75 Å². The van der Waals surface area contributed by atoms with Crippen LogP contribution in [0.2, 0.25) is 0 Å². The molecule has 5 amide bonds. The molecule has 248 valence electrons. The highest BCUT2D eigenvalue weighted by atomic mass is 16.6. The lowest BCUT2D eigenvalue weighted by atomic mass is 9.93. The molecule has 2 saturated heterocycles. The Morgan fingerprint density at radius 3 is 2.50 bits per heavy atom. The molecule has 0 bridgehead atoms. The number of carbonyl (C=O) groups excluding carboxylic acids is 5. The number of benzene rings is 1. The van der Waals surface area contributed by atoms with Gasteiger partial charge in [0.2, 0.25) is 11.8 Å². The summed E-state index contributed by atoms with van der Waals surface area (Å²) in [6.07, 6.45) is 4.30. The molecule has 1 unspecified atom stereocenters. The lowest BCUT2D eigenvalue weighted by Gasteiger charge is -2.34. The number of aromatic nitrogens is 1. The summed E-state index contributed by atoms with van der Waals surface area (Å²) < 4.78 is 16.6. The van der Waals surface area contributed by atoms with Crippen molar-refractivity contribution in [2.45, 2.75) is 58.0 Å². The van der Waals surface area contributed by atoms with Gasteiger partial charge in [-0.3, -0.25) is 19.2 Å². The molecule has 1 aromatic heterocycles. The Morgan fingerprint density at radius 1 is 1.02 bits per heavy atom. The van der Waals surface area contributed by atoms with Crippen LogP contribution in [0.15, 0.2) is 24.3 Å². The molecule has 2 aromatic rings. The van der Waals surface area contributed by atoms with E-state index in [0.717, 1.165) is 37.7 Å². The van der Waals surface area contributed by atoms with E-state index in [-0.39, 0.29) is 61.9 Å².